The summed E-state index contributed by atoms with van der Waals surface area (Å²) < 4.78 is 0. The quantitative estimate of drug-likeness (QED) is 0.660. The number of hydrogen-bond donors (Lipinski definition) is 1. The number of rotatable bonds is 3. The number of benzene rings is 2. The average molecular weight is 411 g/mol. The Kier molecular flexibility index (Phi) is 3.96. The molecule has 3 amide bonds. The number of anilines is 2. The minimum atomic E-state index is -0.306. The van der Waals surface area contributed by atoms with E-state index in [9.17, 15) is 14.4 Å². The van der Waals surface area contributed by atoms with Gasteiger partial charge in [-0.15, -0.1) is 0 Å². The zero-order chi connectivity index (χ0) is 21.1. The number of amides is 3. The van der Waals surface area contributed by atoms with E-state index in [0.29, 0.717) is 34.3 Å². The van der Waals surface area contributed by atoms with Crippen LogP contribution < -0.4 is 10.2 Å². The van der Waals surface area contributed by atoms with Gasteiger partial charge in [0.25, 0.3) is 5.91 Å². The predicted octanol–water partition coefficient (Wildman–Crippen LogP) is 4.02. The summed E-state index contributed by atoms with van der Waals surface area (Å²) in [5, 5.41) is 3.85. The SMILES string of the molecule is O=C(Nc1cccc2cccnc12)c1cccc(N2C(=O)[C@@H]3[C@@H]4CC[C@@H](C4)[C@@H]3C2=O)c1. The molecular formula is C25H21N3O3. The molecule has 6 nitrogen and oxygen atoms in total. The van der Waals surface area contributed by atoms with Gasteiger partial charge in [-0.3, -0.25) is 24.3 Å². The van der Waals surface area contributed by atoms with Gasteiger partial charge in [-0.1, -0.05) is 24.3 Å². The van der Waals surface area contributed by atoms with E-state index in [1.54, 1.807) is 30.5 Å². The first-order chi connectivity index (χ1) is 15.1. The molecule has 2 heterocycles. The van der Waals surface area contributed by atoms with Gasteiger partial charge in [0.15, 0.2) is 0 Å². The molecule has 4 atom stereocenters. The fraction of sp³-hybridized carbons (Fsp3) is 0.280. The lowest BCUT2D eigenvalue weighted by molar-refractivity contribution is -0.123. The Morgan fingerprint density at radius 3 is 2.42 bits per heavy atom. The lowest BCUT2D eigenvalue weighted by Gasteiger charge is -2.19. The number of aromatic nitrogens is 1. The summed E-state index contributed by atoms with van der Waals surface area (Å²) in [6.07, 6.45) is 4.77. The molecule has 3 aromatic rings. The van der Waals surface area contributed by atoms with Crippen LogP contribution in [0.25, 0.3) is 10.9 Å². The van der Waals surface area contributed by atoms with Crippen LogP contribution in [0.3, 0.4) is 0 Å². The molecule has 1 aliphatic heterocycles. The lowest BCUT2D eigenvalue weighted by atomic mass is 9.81. The summed E-state index contributed by atoms with van der Waals surface area (Å²) in [6, 6.07) is 16.2. The molecule has 154 valence electrons. The van der Waals surface area contributed by atoms with Crippen molar-refractivity contribution in [2.24, 2.45) is 23.7 Å². The Hall–Kier alpha value is -3.54. The monoisotopic (exact) mass is 411 g/mol. The average Bonchev–Trinajstić information content (AvgIpc) is 3.48. The van der Waals surface area contributed by atoms with Crippen molar-refractivity contribution in [2.75, 3.05) is 10.2 Å². The van der Waals surface area contributed by atoms with Crippen molar-refractivity contribution in [1.29, 1.82) is 0 Å². The van der Waals surface area contributed by atoms with E-state index in [4.69, 9.17) is 0 Å². The standard InChI is InChI=1S/C25H21N3O3/c29-23(27-19-8-2-4-14-6-3-11-26-22(14)19)17-5-1-7-18(13-17)28-24(30)20-15-9-10-16(12-15)21(20)25(28)31/h1-8,11,13,15-16,20-21H,9-10,12H2,(H,27,29)/t15-,16+,20-,21+. The number of hydrogen-bond acceptors (Lipinski definition) is 4. The van der Waals surface area contributed by atoms with E-state index in [0.717, 1.165) is 24.6 Å². The van der Waals surface area contributed by atoms with Crippen molar-refractivity contribution in [3.8, 4) is 0 Å². The Labute approximate surface area is 179 Å². The molecule has 2 aliphatic carbocycles. The van der Waals surface area contributed by atoms with Gasteiger partial charge in [0.1, 0.15) is 0 Å². The number of carbonyl (C=O) groups excluding carboxylic acids is 3. The minimum Gasteiger partial charge on any atom is -0.320 e. The van der Waals surface area contributed by atoms with Crippen molar-refractivity contribution in [3.63, 3.8) is 0 Å². The third kappa shape index (κ3) is 2.71. The van der Waals surface area contributed by atoms with Crippen molar-refractivity contribution < 1.29 is 14.4 Å². The second-order valence-corrected chi connectivity index (χ2v) is 8.78. The highest BCUT2D eigenvalue weighted by Crippen LogP contribution is 2.56. The maximum absolute atomic E-state index is 13.1. The number of carbonyl (C=O) groups is 3. The molecule has 6 heteroatoms. The summed E-state index contributed by atoms with van der Waals surface area (Å²) in [4.78, 5) is 44.9. The maximum atomic E-state index is 13.1. The molecule has 2 bridgehead atoms. The van der Waals surface area contributed by atoms with Gasteiger partial charge in [0.2, 0.25) is 11.8 Å². The molecule has 0 unspecified atom stereocenters. The van der Waals surface area contributed by atoms with Gasteiger partial charge in [-0.05, 0) is 61.4 Å². The van der Waals surface area contributed by atoms with Crippen LogP contribution in [0.1, 0.15) is 29.6 Å². The van der Waals surface area contributed by atoms with Crippen LogP contribution in [-0.2, 0) is 9.59 Å². The van der Waals surface area contributed by atoms with Crippen LogP contribution in [0.2, 0.25) is 0 Å². The Balaban J connectivity index is 1.29. The predicted molar refractivity (Wildman–Crippen MR) is 116 cm³/mol. The highest BCUT2D eigenvalue weighted by Gasteiger charge is 2.61. The number of nitrogens with one attached hydrogen (secondary N) is 1. The van der Waals surface area contributed by atoms with Gasteiger partial charge < -0.3 is 5.32 Å². The van der Waals surface area contributed by atoms with E-state index in [-0.39, 0.29) is 29.6 Å². The summed E-state index contributed by atoms with van der Waals surface area (Å²) in [6.45, 7) is 0. The second kappa shape index (κ2) is 6.74. The Bertz CT molecular complexity index is 1220. The first kappa shape index (κ1) is 18.2. The molecule has 1 N–H and O–H groups in total. The molecular weight excluding hydrogens is 390 g/mol. The number of pyridine rings is 1. The molecule has 1 aromatic heterocycles. The summed E-state index contributed by atoms with van der Waals surface area (Å²) in [7, 11) is 0. The van der Waals surface area contributed by atoms with E-state index in [1.807, 2.05) is 30.3 Å². The van der Waals surface area contributed by atoms with E-state index in [1.165, 1.54) is 4.90 Å². The van der Waals surface area contributed by atoms with Gasteiger partial charge >= 0.3 is 0 Å². The number of imide groups is 1. The maximum Gasteiger partial charge on any atom is 0.255 e. The van der Waals surface area contributed by atoms with Crippen molar-refractivity contribution in [2.45, 2.75) is 19.3 Å². The normalized spacial score (nSPS) is 26.5. The first-order valence-corrected chi connectivity index (χ1v) is 10.7. The highest BCUT2D eigenvalue weighted by molar-refractivity contribution is 6.23. The largest absolute Gasteiger partial charge is 0.320 e. The van der Waals surface area contributed by atoms with Crippen LogP contribution in [0, 0.1) is 23.7 Å². The second-order valence-electron chi connectivity index (χ2n) is 8.78. The number of para-hydroxylation sites is 1. The molecule has 0 radical (unpaired) electrons. The van der Waals surface area contributed by atoms with E-state index in [2.05, 4.69) is 10.3 Å². The molecule has 31 heavy (non-hydrogen) atoms. The van der Waals surface area contributed by atoms with Crippen LogP contribution in [0.4, 0.5) is 11.4 Å². The van der Waals surface area contributed by atoms with Crippen LogP contribution in [-0.4, -0.2) is 22.7 Å². The first-order valence-electron chi connectivity index (χ1n) is 10.7. The minimum absolute atomic E-state index is 0.0991. The Morgan fingerprint density at radius 2 is 1.65 bits per heavy atom. The van der Waals surface area contributed by atoms with Crippen molar-refractivity contribution >= 4 is 40.0 Å². The third-order valence-corrected chi connectivity index (χ3v) is 7.17. The number of fused-ring (bicyclic) bond motifs is 6. The van der Waals surface area contributed by atoms with Gasteiger partial charge in [0, 0.05) is 17.1 Å². The van der Waals surface area contributed by atoms with Gasteiger partial charge in [0.05, 0.1) is 28.7 Å². The molecule has 0 spiro atoms. The zero-order valence-electron chi connectivity index (χ0n) is 16.8. The zero-order valence-corrected chi connectivity index (χ0v) is 16.8. The fourth-order valence-electron chi connectivity index (χ4n) is 5.85. The molecule has 3 fully saturated rings. The molecule has 2 aromatic carbocycles. The lowest BCUT2D eigenvalue weighted by Crippen LogP contribution is -2.33. The summed E-state index contributed by atoms with van der Waals surface area (Å²) in [5.74, 6) is -0.185. The van der Waals surface area contributed by atoms with Crippen LogP contribution in [0.15, 0.2) is 60.8 Å². The molecule has 1 saturated heterocycles. The molecule has 6 rings (SSSR count). The van der Waals surface area contributed by atoms with E-state index >= 15 is 0 Å². The smallest absolute Gasteiger partial charge is 0.255 e. The number of nitrogens with zero attached hydrogens (tertiary/aromatic N) is 2. The molecule has 2 saturated carbocycles. The topological polar surface area (TPSA) is 79.4 Å². The van der Waals surface area contributed by atoms with Crippen molar-refractivity contribution in [1.82, 2.24) is 4.98 Å². The van der Waals surface area contributed by atoms with Gasteiger partial charge in [-0.25, -0.2) is 0 Å². The highest BCUT2D eigenvalue weighted by atomic mass is 16.2. The molecule has 3 aliphatic rings. The summed E-state index contributed by atoms with van der Waals surface area (Å²) >= 11 is 0. The Morgan fingerprint density at radius 1 is 0.935 bits per heavy atom. The van der Waals surface area contributed by atoms with Crippen LogP contribution >= 0.6 is 0 Å². The van der Waals surface area contributed by atoms with Gasteiger partial charge in [-0.2, -0.15) is 0 Å². The fourth-order valence-corrected chi connectivity index (χ4v) is 5.85. The van der Waals surface area contributed by atoms with E-state index < -0.39 is 0 Å². The van der Waals surface area contributed by atoms with Crippen molar-refractivity contribution in [3.05, 3.63) is 66.4 Å². The third-order valence-electron chi connectivity index (χ3n) is 7.17. The van der Waals surface area contributed by atoms with Crippen LogP contribution in [0.5, 0.6) is 0 Å². The summed E-state index contributed by atoms with van der Waals surface area (Å²) in [5.41, 5.74) is 2.20.